The summed E-state index contributed by atoms with van der Waals surface area (Å²) in [6.45, 7) is 0.210. The molecule has 0 radical (unpaired) electrons. The number of carbonyl (C=O) groups excluding carboxylic acids is 2. The van der Waals surface area contributed by atoms with Gasteiger partial charge in [0.25, 0.3) is 11.8 Å². The number of nitrogens with one attached hydrogen (secondary N) is 2. The zero-order valence-electron chi connectivity index (χ0n) is 13.3. The van der Waals surface area contributed by atoms with Gasteiger partial charge in [0.1, 0.15) is 11.6 Å². The third-order valence-corrected chi connectivity index (χ3v) is 4.94. The number of hydrogen-bond donors (Lipinski definition) is 2. The molecule has 2 aromatic carbocycles. The van der Waals surface area contributed by atoms with Gasteiger partial charge in [0.05, 0.1) is 24.0 Å². The molecule has 0 spiro atoms. The molecular weight excluding hydrogens is 357 g/mol. The Morgan fingerprint density at radius 2 is 2.12 bits per heavy atom. The average Bonchev–Trinajstić information content (AvgIpc) is 3.10. The second kappa shape index (κ2) is 6.64. The minimum absolute atomic E-state index is 0.210. The number of carbonyl (C=O) groups is 2. The first kappa shape index (κ1) is 16.3. The van der Waals surface area contributed by atoms with E-state index in [1.807, 2.05) is 0 Å². The van der Waals surface area contributed by atoms with E-state index in [1.165, 1.54) is 42.6 Å². The summed E-state index contributed by atoms with van der Waals surface area (Å²) >= 11 is 1.27. The minimum atomic E-state index is -0.407. The molecule has 1 aromatic heterocycles. The lowest BCUT2D eigenvalue weighted by Gasteiger charge is -2.09. The van der Waals surface area contributed by atoms with Gasteiger partial charge >= 0.3 is 0 Å². The Hall–Kier alpha value is -3.13. The second-order valence-electron chi connectivity index (χ2n) is 5.56. The molecule has 1 aliphatic rings. The molecule has 26 heavy (non-hydrogen) atoms. The number of anilines is 1. The largest absolute Gasteiger partial charge is 0.447 e. The fraction of sp³-hybridized carbons (Fsp3) is 0.0556. The molecule has 2 amide bonds. The Labute approximate surface area is 151 Å². The monoisotopic (exact) mass is 369 g/mol. The van der Waals surface area contributed by atoms with Crippen LogP contribution in [0.15, 0.2) is 63.2 Å². The number of rotatable bonds is 3. The van der Waals surface area contributed by atoms with Gasteiger partial charge in [-0.05, 0) is 36.4 Å². The van der Waals surface area contributed by atoms with Crippen LogP contribution in [0.5, 0.6) is 0 Å². The summed E-state index contributed by atoms with van der Waals surface area (Å²) in [5.41, 5.74) is 1.29. The lowest BCUT2D eigenvalue weighted by molar-refractivity contribution is 0.0946. The Bertz CT molecular complexity index is 1000. The average molecular weight is 369 g/mol. The van der Waals surface area contributed by atoms with E-state index in [4.69, 9.17) is 4.42 Å². The normalized spacial score (nSPS) is 12.6. The first-order valence-electron chi connectivity index (χ1n) is 7.68. The summed E-state index contributed by atoms with van der Waals surface area (Å²) in [6, 6.07) is 8.99. The van der Waals surface area contributed by atoms with Crippen molar-refractivity contribution in [3.63, 3.8) is 0 Å². The van der Waals surface area contributed by atoms with E-state index in [-0.39, 0.29) is 18.4 Å². The number of aromatic nitrogens is 1. The molecule has 130 valence electrons. The topological polar surface area (TPSA) is 84.2 Å². The van der Waals surface area contributed by atoms with Crippen LogP contribution in [0.3, 0.4) is 0 Å². The third kappa shape index (κ3) is 3.18. The van der Waals surface area contributed by atoms with Gasteiger partial charge in [-0.25, -0.2) is 9.37 Å². The zero-order valence-corrected chi connectivity index (χ0v) is 14.1. The van der Waals surface area contributed by atoms with Gasteiger partial charge in [0.15, 0.2) is 6.39 Å². The molecular formula is C18H12FN3O3S. The fourth-order valence-electron chi connectivity index (χ4n) is 2.53. The molecule has 1 aliphatic heterocycles. The lowest BCUT2D eigenvalue weighted by Crippen LogP contribution is -2.22. The minimum Gasteiger partial charge on any atom is -0.447 e. The molecule has 0 saturated heterocycles. The van der Waals surface area contributed by atoms with E-state index >= 15 is 0 Å². The number of benzene rings is 2. The quantitative estimate of drug-likeness (QED) is 0.739. The van der Waals surface area contributed by atoms with Crippen molar-refractivity contribution in [1.29, 1.82) is 0 Å². The SMILES string of the molecule is O=C(NCc1cnco1)c1ccc2c(c1)NC(=O)c1ccc(F)cc1S2. The van der Waals surface area contributed by atoms with Crippen LogP contribution >= 0.6 is 11.8 Å². The van der Waals surface area contributed by atoms with Crippen LogP contribution in [0.2, 0.25) is 0 Å². The highest BCUT2D eigenvalue weighted by molar-refractivity contribution is 7.99. The van der Waals surface area contributed by atoms with Crippen LogP contribution in [0.1, 0.15) is 26.5 Å². The van der Waals surface area contributed by atoms with Crippen molar-refractivity contribution in [3.05, 3.63) is 71.7 Å². The molecule has 2 N–H and O–H groups in total. The smallest absolute Gasteiger partial charge is 0.256 e. The van der Waals surface area contributed by atoms with Crippen LogP contribution in [-0.2, 0) is 6.54 Å². The molecule has 4 rings (SSSR count). The summed E-state index contributed by atoms with van der Waals surface area (Å²) in [7, 11) is 0. The highest BCUT2D eigenvalue weighted by Gasteiger charge is 2.21. The first-order valence-corrected chi connectivity index (χ1v) is 8.50. The number of halogens is 1. The number of amides is 2. The standard InChI is InChI=1S/C18H12FN3O3S/c19-11-2-3-13-16(6-11)26-15-4-1-10(5-14(15)22-18(13)24)17(23)21-8-12-7-20-9-25-12/h1-7,9H,8H2,(H,21,23)(H,22,24). The Kier molecular flexibility index (Phi) is 4.18. The van der Waals surface area contributed by atoms with E-state index in [0.29, 0.717) is 27.5 Å². The Morgan fingerprint density at radius 3 is 2.92 bits per heavy atom. The van der Waals surface area contributed by atoms with Crippen LogP contribution in [0, 0.1) is 5.82 Å². The number of nitrogens with zero attached hydrogens (tertiary/aromatic N) is 1. The first-order chi connectivity index (χ1) is 12.6. The van der Waals surface area contributed by atoms with E-state index < -0.39 is 5.82 Å². The summed E-state index contributed by atoms with van der Waals surface area (Å²) in [4.78, 5) is 29.7. The van der Waals surface area contributed by atoms with E-state index in [1.54, 1.807) is 18.2 Å². The highest BCUT2D eigenvalue weighted by atomic mass is 32.2. The van der Waals surface area contributed by atoms with Gasteiger partial charge < -0.3 is 15.1 Å². The molecule has 2 heterocycles. The van der Waals surface area contributed by atoms with Crippen molar-refractivity contribution in [2.45, 2.75) is 16.3 Å². The van der Waals surface area contributed by atoms with Crippen molar-refractivity contribution < 1.29 is 18.4 Å². The molecule has 8 heteroatoms. The highest BCUT2D eigenvalue weighted by Crippen LogP contribution is 2.39. The fourth-order valence-corrected chi connectivity index (χ4v) is 3.57. The molecule has 3 aromatic rings. The number of hydrogen-bond acceptors (Lipinski definition) is 5. The van der Waals surface area contributed by atoms with Gasteiger partial charge in [-0.3, -0.25) is 9.59 Å². The van der Waals surface area contributed by atoms with Crippen molar-refractivity contribution in [2.24, 2.45) is 0 Å². The summed E-state index contributed by atoms with van der Waals surface area (Å²) in [5, 5.41) is 5.49. The summed E-state index contributed by atoms with van der Waals surface area (Å²) in [6.07, 6.45) is 2.81. The maximum absolute atomic E-state index is 13.5. The van der Waals surface area contributed by atoms with Gasteiger partial charge in [-0.15, -0.1) is 0 Å². The summed E-state index contributed by atoms with van der Waals surface area (Å²) < 4.78 is 18.6. The number of oxazole rings is 1. The lowest BCUT2D eigenvalue weighted by atomic mass is 10.1. The van der Waals surface area contributed by atoms with Gasteiger partial charge in [-0.2, -0.15) is 0 Å². The van der Waals surface area contributed by atoms with Crippen molar-refractivity contribution in [3.8, 4) is 0 Å². The van der Waals surface area contributed by atoms with Crippen molar-refractivity contribution in [2.75, 3.05) is 5.32 Å². The molecule has 0 unspecified atom stereocenters. The number of fused-ring (bicyclic) bond motifs is 2. The van der Waals surface area contributed by atoms with Crippen molar-refractivity contribution in [1.82, 2.24) is 10.3 Å². The molecule has 0 aliphatic carbocycles. The maximum Gasteiger partial charge on any atom is 0.256 e. The maximum atomic E-state index is 13.5. The van der Waals surface area contributed by atoms with E-state index in [2.05, 4.69) is 15.6 Å². The second-order valence-corrected chi connectivity index (χ2v) is 6.64. The van der Waals surface area contributed by atoms with Crippen LogP contribution < -0.4 is 10.6 Å². The molecule has 0 bridgehead atoms. The third-order valence-electron chi connectivity index (χ3n) is 3.80. The predicted molar refractivity (Wildman–Crippen MR) is 92.6 cm³/mol. The van der Waals surface area contributed by atoms with Crippen LogP contribution in [0.4, 0.5) is 10.1 Å². The van der Waals surface area contributed by atoms with Gasteiger partial charge in [0.2, 0.25) is 0 Å². The molecule has 6 nitrogen and oxygen atoms in total. The van der Waals surface area contributed by atoms with Crippen LogP contribution in [-0.4, -0.2) is 16.8 Å². The Balaban J connectivity index is 1.58. The molecule has 0 saturated carbocycles. The van der Waals surface area contributed by atoms with E-state index in [0.717, 1.165) is 4.90 Å². The zero-order chi connectivity index (χ0) is 18.1. The Morgan fingerprint density at radius 1 is 1.23 bits per heavy atom. The molecule has 0 fully saturated rings. The predicted octanol–water partition coefficient (Wildman–Crippen LogP) is 3.46. The van der Waals surface area contributed by atoms with E-state index in [9.17, 15) is 14.0 Å². The van der Waals surface area contributed by atoms with Gasteiger partial charge in [0, 0.05) is 15.4 Å². The van der Waals surface area contributed by atoms with Crippen molar-refractivity contribution >= 4 is 29.3 Å². The van der Waals surface area contributed by atoms with Crippen LogP contribution in [0.25, 0.3) is 0 Å². The summed E-state index contributed by atoms with van der Waals surface area (Å²) in [5.74, 6) is -0.521. The molecule has 0 atom stereocenters. The van der Waals surface area contributed by atoms with Gasteiger partial charge in [-0.1, -0.05) is 11.8 Å².